The fraction of sp³-hybridized carbons (Fsp3) is 0.650. The van der Waals surface area contributed by atoms with Crippen LogP contribution in [0.15, 0.2) is 29.3 Å². The van der Waals surface area contributed by atoms with Crippen molar-refractivity contribution < 1.29 is 9.47 Å². The summed E-state index contributed by atoms with van der Waals surface area (Å²) in [6.07, 6.45) is 1.97. The Morgan fingerprint density at radius 1 is 1.20 bits per heavy atom. The Balaban J connectivity index is 2.24. The second-order valence-electron chi connectivity index (χ2n) is 7.69. The largest absolute Gasteiger partial charge is 0.497 e. The van der Waals surface area contributed by atoms with Gasteiger partial charge in [-0.05, 0) is 58.2 Å². The van der Waals surface area contributed by atoms with Gasteiger partial charge in [0.2, 0.25) is 0 Å². The van der Waals surface area contributed by atoms with E-state index in [4.69, 9.17) is 14.5 Å². The van der Waals surface area contributed by atoms with Crippen LogP contribution < -0.4 is 15.4 Å². The van der Waals surface area contributed by atoms with E-state index in [1.165, 1.54) is 5.56 Å². The average molecular weight is 348 g/mol. The highest BCUT2D eigenvalue weighted by Gasteiger charge is 2.34. The second-order valence-corrected chi connectivity index (χ2v) is 7.69. The van der Waals surface area contributed by atoms with Gasteiger partial charge in [0.05, 0.1) is 13.7 Å². The van der Waals surface area contributed by atoms with Crippen LogP contribution in [0, 0.1) is 0 Å². The predicted molar refractivity (Wildman–Crippen MR) is 104 cm³/mol. The number of hydrogen-bond donors (Lipinski definition) is 2. The van der Waals surface area contributed by atoms with Gasteiger partial charge in [-0.15, -0.1) is 0 Å². The van der Waals surface area contributed by atoms with Crippen LogP contribution in [-0.4, -0.2) is 44.9 Å². The van der Waals surface area contributed by atoms with Gasteiger partial charge >= 0.3 is 0 Å². The maximum absolute atomic E-state index is 5.62. The minimum atomic E-state index is -0.0239. The zero-order valence-corrected chi connectivity index (χ0v) is 16.3. The molecular formula is C20H33N3O2. The number of benzene rings is 1. The third-order valence-electron chi connectivity index (χ3n) is 4.53. The molecule has 0 unspecified atom stereocenters. The Labute approximate surface area is 152 Å². The van der Waals surface area contributed by atoms with Crippen molar-refractivity contribution in [2.45, 2.75) is 51.5 Å². The lowest BCUT2D eigenvalue weighted by atomic mass is 9.74. The summed E-state index contributed by atoms with van der Waals surface area (Å²) in [6.45, 7) is 11.7. The highest BCUT2D eigenvalue weighted by atomic mass is 16.5. The zero-order chi connectivity index (χ0) is 18.3. The van der Waals surface area contributed by atoms with Gasteiger partial charge in [-0.2, -0.15) is 0 Å². The van der Waals surface area contributed by atoms with Gasteiger partial charge in [-0.1, -0.05) is 12.1 Å². The molecule has 0 spiro atoms. The molecule has 1 saturated heterocycles. The standard InChI is InChI=1S/C20H33N3O2/c1-6-21-18(23-19(2,3)4)22-15-20(11-13-25-14-12-20)16-7-9-17(24-5)10-8-16/h7-10H,6,11-15H2,1-5H3,(H2,21,22,23). The van der Waals surface area contributed by atoms with Gasteiger partial charge in [-0.25, -0.2) is 0 Å². The second kappa shape index (κ2) is 8.56. The molecule has 5 nitrogen and oxygen atoms in total. The summed E-state index contributed by atoms with van der Waals surface area (Å²) in [4.78, 5) is 4.92. The number of guanidine groups is 1. The highest BCUT2D eigenvalue weighted by Crippen LogP contribution is 2.36. The number of hydrogen-bond acceptors (Lipinski definition) is 3. The molecule has 5 heteroatoms. The van der Waals surface area contributed by atoms with Gasteiger partial charge in [0, 0.05) is 30.7 Å². The summed E-state index contributed by atoms with van der Waals surface area (Å²) >= 11 is 0. The van der Waals surface area contributed by atoms with Crippen molar-refractivity contribution in [2.24, 2.45) is 4.99 Å². The van der Waals surface area contributed by atoms with Crippen molar-refractivity contribution in [1.29, 1.82) is 0 Å². The SMILES string of the molecule is CCNC(=NCC1(c2ccc(OC)cc2)CCOCC1)NC(C)(C)C. The van der Waals surface area contributed by atoms with Crippen LogP contribution in [0.25, 0.3) is 0 Å². The molecule has 1 aliphatic rings. The molecule has 0 amide bonds. The lowest BCUT2D eigenvalue weighted by molar-refractivity contribution is 0.0530. The van der Waals surface area contributed by atoms with Crippen molar-refractivity contribution in [3.05, 3.63) is 29.8 Å². The Bertz CT molecular complexity index is 555. The molecular weight excluding hydrogens is 314 g/mol. The van der Waals surface area contributed by atoms with Gasteiger partial charge in [-0.3, -0.25) is 4.99 Å². The number of nitrogens with one attached hydrogen (secondary N) is 2. The molecule has 1 heterocycles. The minimum absolute atomic E-state index is 0.0186. The topological polar surface area (TPSA) is 54.9 Å². The molecule has 0 radical (unpaired) electrons. The fourth-order valence-electron chi connectivity index (χ4n) is 3.14. The quantitative estimate of drug-likeness (QED) is 0.635. The maximum Gasteiger partial charge on any atom is 0.191 e. The number of ether oxygens (including phenoxy) is 2. The van der Waals surface area contributed by atoms with Crippen molar-refractivity contribution >= 4 is 5.96 Å². The van der Waals surface area contributed by atoms with E-state index in [0.29, 0.717) is 0 Å². The third kappa shape index (κ3) is 5.63. The Kier molecular flexibility index (Phi) is 6.71. The summed E-state index contributed by atoms with van der Waals surface area (Å²) in [7, 11) is 1.70. The van der Waals surface area contributed by atoms with E-state index in [2.05, 4.69) is 50.5 Å². The third-order valence-corrected chi connectivity index (χ3v) is 4.53. The molecule has 1 aromatic carbocycles. The molecule has 0 aromatic heterocycles. The molecule has 2 rings (SSSR count). The lowest BCUT2D eigenvalue weighted by Crippen LogP contribution is -2.48. The Morgan fingerprint density at radius 2 is 1.84 bits per heavy atom. The van der Waals surface area contributed by atoms with Gasteiger partial charge in [0.1, 0.15) is 5.75 Å². The minimum Gasteiger partial charge on any atom is -0.497 e. The smallest absolute Gasteiger partial charge is 0.191 e. The molecule has 2 N–H and O–H groups in total. The summed E-state index contributed by atoms with van der Waals surface area (Å²) in [5.74, 6) is 1.76. The molecule has 1 aliphatic heterocycles. The van der Waals surface area contributed by atoms with Crippen LogP contribution in [0.4, 0.5) is 0 Å². The van der Waals surface area contributed by atoms with Gasteiger partial charge in [0.15, 0.2) is 5.96 Å². The van der Waals surface area contributed by atoms with Crippen molar-refractivity contribution in [3.63, 3.8) is 0 Å². The normalized spacial score (nSPS) is 17.9. The first kappa shape index (κ1) is 19.6. The first-order chi connectivity index (χ1) is 11.9. The average Bonchev–Trinajstić information content (AvgIpc) is 2.59. The summed E-state index contributed by atoms with van der Waals surface area (Å²) in [5.41, 5.74) is 1.31. The number of nitrogens with zero attached hydrogens (tertiary/aromatic N) is 1. The van der Waals surface area contributed by atoms with Crippen LogP contribution in [0.5, 0.6) is 5.75 Å². The van der Waals surface area contributed by atoms with Crippen molar-refractivity contribution in [3.8, 4) is 5.75 Å². The number of aliphatic imine (C=N–C) groups is 1. The van der Waals surface area contributed by atoms with Crippen LogP contribution in [-0.2, 0) is 10.2 Å². The number of methoxy groups -OCH3 is 1. The monoisotopic (exact) mass is 347 g/mol. The highest BCUT2D eigenvalue weighted by molar-refractivity contribution is 5.80. The van der Waals surface area contributed by atoms with Crippen LogP contribution in [0.3, 0.4) is 0 Å². The van der Waals surface area contributed by atoms with E-state index in [-0.39, 0.29) is 11.0 Å². The predicted octanol–water partition coefficient (Wildman–Crippen LogP) is 3.10. The molecule has 0 bridgehead atoms. The van der Waals surface area contributed by atoms with E-state index >= 15 is 0 Å². The maximum atomic E-state index is 5.62. The fourth-order valence-corrected chi connectivity index (χ4v) is 3.14. The van der Waals surface area contributed by atoms with Crippen molar-refractivity contribution in [2.75, 3.05) is 33.4 Å². The van der Waals surface area contributed by atoms with Crippen LogP contribution in [0.1, 0.15) is 46.1 Å². The lowest BCUT2D eigenvalue weighted by Gasteiger charge is -2.37. The molecule has 0 saturated carbocycles. The Morgan fingerprint density at radius 3 is 2.36 bits per heavy atom. The van der Waals surface area contributed by atoms with E-state index in [0.717, 1.165) is 50.9 Å². The van der Waals surface area contributed by atoms with Crippen LogP contribution >= 0.6 is 0 Å². The molecule has 140 valence electrons. The van der Waals surface area contributed by atoms with E-state index < -0.39 is 0 Å². The summed E-state index contributed by atoms with van der Waals surface area (Å²) in [6, 6.07) is 8.41. The first-order valence-electron chi connectivity index (χ1n) is 9.17. The summed E-state index contributed by atoms with van der Waals surface area (Å²) < 4.78 is 10.9. The van der Waals surface area contributed by atoms with Crippen molar-refractivity contribution in [1.82, 2.24) is 10.6 Å². The van der Waals surface area contributed by atoms with E-state index in [1.807, 2.05) is 12.1 Å². The molecule has 0 atom stereocenters. The molecule has 1 aromatic rings. The van der Waals surface area contributed by atoms with Gasteiger partial charge in [0.25, 0.3) is 0 Å². The number of rotatable bonds is 5. The molecule has 1 fully saturated rings. The van der Waals surface area contributed by atoms with E-state index in [9.17, 15) is 0 Å². The van der Waals surface area contributed by atoms with Gasteiger partial charge < -0.3 is 20.1 Å². The Hall–Kier alpha value is -1.75. The summed E-state index contributed by atoms with van der Waals surface area (Å²) in [5, 5.41) is 6.82. The zero-order valence-electron chi connectivity index (χ0n) is 16.3. The van der Waals surface area contributed by atoms with Crippen LogP contribution in [0.2, 0.25) is 0 Å². The first-order valence-corrected chi connectivity index (χ1v) is 9.17. The molecule has 0 aliphatic carbocycles. The molecule has 25 heavy (non-hydrogen) atoms. The van der Waals surface area contributed by atoms with E-state index in [1.54, 1.807) is 7.11 Å².